The van der Waals surface area contributed by atoms with Gasteiger partial charge in [0.05, 0.1) is 5.52 Å². The Hall–Kier alpha value is -2.10. The van der Waals surface area contributed by atoms with E-state index < -0.39 is 5.97 Å². The van der Waals surface area contributed by atoms with Crippen molar-refractivity contribution in [2.24, 2.45) is 0 Å². The summed E-state index contributed by atoms with van der Waals surface area (Å²) in [4.78, 5) is 17.3. The van der Waals surface area contributed by atoms with Crippen molar-refractivity contribution in [2.45, 2.75) is 12.8 Å². The van der Waals surface area contributed by atoms with Crippen LogP contribution in [0.4, 0.5) is 5.82 Å². The quantitative estimate of drug-likeness (QED) is 0.876. The molecular formula is C14H14N2O2. The van der Waals surface area contributed by atoms with E-state index in [0.29, 0.717) is 0 Å². The summed E-state index contributed by atoms with van der Waals surface area (Å²) in [5.74, 6) is 0.0279. The van der Waals surface area contributed by atoms with E-state index in [4.69, 9.17) is 5.11 Å². The zero-order valence-electron chi connectivity index (χ0n) is 9.97. The Morgan fingerprint density at radius 2 is 2.22 bits per heavy atom. The minimum absolute atomic E-state index is 0.0261. The lowest BCUT2D eigenvalue weighted by Crippen LogP contribution is -2.34. The molecule has 0 bridgehead atoms. The van der Waals surface area contributed by atoms with Crippen molar-refractivity contribution < 1.29 is 9.90 Å². The number of aromatic nitrogens is 1. The number of carbonyl (C=O) groups is 1. The van der Waals surface area contributed by atoms with Crippen molar-refractivity contribution in [1.82, 2.24) is 4.98 Å². The fourth-order valence-corrected chi connectivity index (χ4v) is 2.49. The SMILES string of the molecule is O=C(O)CN1CCCc2cc3ccccc3nc21. The largest absolute Gasteiger partial charge is 0.480 e. The van der Waals surface area contributed by atoms with Crippen LogP contribution in [0.25, 0.3) is 10.9 Å². The van der Waals surface area contributed by atoms with E-state index in [1.54, 1.807) is 0 Å². The van der Waals surface area contributed by atoms with Crippen LogP contribution in [-0.4, -0.2) is 29.1 Å². The lowest BCUT2D eigenvalue weighted by Gasteiger charge is -2.28. The maximum atomic E-state index is 10.9. The minimum atomic E-state index is -0.808. The van der Waals surface area contributed by atoms with E-state index in [1.807, 2.05) is 29.2 Å². The molecule has 1 aliphatic rings. The van der Waals surface area contributed by atoms with Crippen molar-refractivity contribution in [3.63, 3.8) is 0 Å². The zero-order chi connectivity index (χ0) is 12.5. The number of para-hydroxylation sites is 1. The average molecular weight is 242 g/mol. The van der Waals surface area contributed by atoms with Crippen molar-refractivity contribution in [3.8, 4) is 0 Å². The molecule has 1 aromatic heterocycles. The fourth-order valence-electron chi connectivity index (χ4n) is 2.49. The van der Waals surface area contributed by atoms with Crippen LogP contribution >= 0.6 is 0 Å². The lowest BCUT2D eigenvalue weighted by molar-refractivity contribution is -0.135. The summed E-state index contributed by atoms with van der Waals surface area (Å²) in [5.41, 5.74) is 2.08. The van der Waals surface area contributed by atoms with Crippen molar-refractivity contribution in [1.29, 1.82) is 0 Å². The Balaban J connectivity index is 2.10. The van der Waals surface area contributed by atoms with Crippen LogP contribution in [0.5, 0.6) is 0 Å². The second-order valence-electron chi connectivity index (χ2n) is 4.58. The van der Waals surface area contributed by atoms with Gasteiger partial charge >= 0.3 is 5.97 Å². The monoisotopic (exact) mass is 242 g/mol. The molecule has 0 saturated heterocycles. The molecule has 3 rings (SSSR count). The van der Waals surface area contributed by atoms with E-state index in [1.165, 1.54) is 0 Å². The molecule has 2 heterocycles. The number of nitrogens with zero attached hydrogens (tertiary/aromatic N) is 2. The number of hydrogen-bond donors (Lipinski definition) is 1. The highest BCUT2D eigenvalue weighted by molar-refractivity contribution is 5.83. The van der Waals surface area contributed by atoms with Gasteiger partial charge in [-0.1, -0.05) is 18.2 Å². The zero-order valence-corrected chi connectivity index (χ0v) is 9.97. The number of carboxylic acids is 1. The molecule has 1 N–H and O–H groups in total. The average Bonchev–Trinajstić information content (AvgIpc) is 2.36. The first kappa shape index (κ1) is 11.0. The molecule has 0 amide bonds. The molecule has 2 aromatic rings. The van der Waals surface area contributed by atoms with Crippen LogP contribution in [0.3, 0.4) is 0 Å². The van der Waals surface area contributed by atoms with E-state index in [9.17, 15) is 4.79 Å². The summed E-state index contributed by atoms with van der Waals surface area (Å²) >= 11 is 0. The van der Waals surface area contributed by atoms with Crippen molar-refractivity contribution in [2.75, 3.05) is 18.0 Å². The van der Waals surface area contributed by atoms with Gasteiger partial charge in [-0.25, -0.2) is 4.98 Å². The molecule has 4 nitrogen and oxygen atoms in total. The summed E-state index contributed by atoms with van der Waals surface area (Å²) in [6, 6.07) is 10.1. The smallest absolute Gasteiger partial charge is 0.323 e. The molecule has 0 atom stereocenters. The Bertz CT molecular complexity index is 610. The molecule has 1 aliphatic heterocycles. The number of fused-ring (bicyclic) bond motifs is 2. The summed E-state index contributed by atoms with van der Waals surface area (Å²) < 4.78 is 0. The Labute approximate surface area is 105 Å². The number of rotatable bonds is 2. The Morgan fingerprint density at radius 3 is 3.06 bits per heavy atom. The highest BCUT2D eigenvalue weighted by Crippen LogP contribution is 2.28. The second-order valence-corrected chi connectivity index (χ2v) is 4.58. The number of anilines is 1. The number of carboxylic acid groups (broad SMARTS) is 1. The van der Waals surface area contributed by atoms with Crippen LogP contribution in [0.15, 0.2) is 30.3 Å². The third-order valence-corrected chi connectivity index (χ3v) is 3.28. The third-order valence-electron chi connectivity index (χ3n) is 3.28. The van der Waals surface area contributed by atoms with Gasteiger partial charge in [0, 0.05) is 11.9 Å². The molecule has 0 aliphatic carbocycles. The first-order valence-electron chi connectivity index (χ1n) is 6.09. The highest BCUT2D eigenvalue weighted by Gasteiger charge is 2.20. The van der Waals surface area contributed by atoms with Gasteiger partial charge < -0.3 is 10.0 Å². The number of aliphatic carboxylic acids is 1. The standard InChI is InChI=1S/C14H14N2O2/c17-13(18)9-16-7-3-5-11-8-10-4-1-2-6-12(10)15-14(11)16/h1-2,4,6,8H,3,5,7,9H2,(H,17,18). The van der Waals surface area contributed by atoms with Crippen molar-refractivity contribution >= 4 is 22.7 Å². The van der Waals surface area contributed by atoms with E-state index in [0.717, 1.165) is 41.7 Å². The summed E-state index contributed by atoms with van der Waals surface area (Å²) in [5, 5.41) is 10.1. The minimum Gasteiger partial charge on any atom is -0.480 e. The topological polar surface area (TPSA) is 53.4 Å². The van der Waals surface area contributed by atoms with Gasteiger partial charge in [0.25, 0.3) is 0 Å². The lowest BCUT2D eigenvalue weighted by atomic mass is 10.0. The van der Waals surface area contributed by atoms with Gasteiger partial charge in [-0.2, -0.15) is 0 Å². The van der Waals surface area contributed by atoms with E-state index >= 15 is 0 Å². The molecule has 0 saturated carbocycles. The van der Waals surface area contributed by atoms with Gasteiger partial charge in [-0.3, -0.25) is 4.79 Å². The first-order chi connectivity index (χ1) is 8.74. The number of hydrogen-bond acceptors (Lipinski definition) is 3. The Kier molecular flexibility index (Phi) is 2.63. The normalized spacial score (nSPS) is 14.6. The number of aryl methyl sites for hydroxylation is 1. The molecule has 0 radical (unpaired) electrons. The second kappa shape index (κ2) is 4.29. The van der Waals surface area contributed by atoms with E-state index in [-0.39, 0.29) is 6.54 Å². The van der Waals surface area contributed by atoms with Crippen LogP contribution in [0, 0.1) is 0 Å². The van der Waals surface area contributed by atoms with Crippen molar-refractivity contribution in [3.05, 3.63) is 35.9 Å². The van der Waals surface area contributed by atoms with Crippen LogP contribution in [-0.2, 0) is 11.2 Å². The van der Waals surface area contributed by atoms with Crippen LogP contribution in [0.1, 0.15) is 12.0 Å². The molecule has 0 spiro atoms. The molecular weight excluding hydrogens is 228 g/mol. The number of pyridine rings is 1. The maximum Gasteiger partial charge on any atom is 0.323 e. The van der Waals surface area contributed by atoms with Gasteiger partial charge in [-0.15, -0.1) is 0 Å². The van der Waals surface area contributed by atoms with Gasteiger partial charge in [0.1, 0.15) is 12.4 Å². The molecule has 92 valence electrons. The molecule has 1 aromatic carbocycles. The molecule has 0 unspecified atom stereocenters. The Morgan fingerprint density at radius 1 is 1.39 bits per heavy atom. The van der Waals surface area contributed by atoms with E-state index in [2.05, 4.69) is 11.1 Å². The van der Waals surface area contributed by atoms with Gasteiger partial charge in [-0.05, 0) is 30.5 Å². The summed E-state index contributed by atoms with van der Waals surface area (Å²) in [7, 11) is 0. The number of benzene rings is 1. The molecule has 4 heteroatoms. The highest BCUT2D eigenvalue weighted by atomic mass is 16.4. The third kappa shape index (κ3) is 1.90. The van der Waals surface area contributed by atoms with Crippen LogP contribution < -0.4 is 4.90 Å². The molecule has 0 fully saturated rings. The predicted octanol–water partition coefficient (Wildman–Crippen LogP) is 2.07. The fraction of sp³-hybridized carbons (Fsp3) is 0.286. The maximum absolute atomic E-state index is 10.9. The first-order valence-corrected chi connectivity index (χ1v) is 6.09. The molecule has 18 heavy (non-hydrogen) atoms. The van der Waals surface area contributed by atoms with Crippen LogP contribution in [0.2, 0.25) is 0 Å². The summed E-state index contributed by atoms with van der Waals surface area (Å²) in [6.45, 7) is 0.795. The predicted molar refractivity (Wildman–Crippen MR) is 69.9 cm³/mol. The van der Waals surface area contributed by atoms with Gasteiger partial charge in [0.2, 0.25) is 0 Å². The van der Waals surface area contributed by atoms with Gasteiger partial charge in [0.15, 0.2) is 0 Å². The summed E-state index contributed by atoms with van der Waals surface area (Å²) in [6.07, 6.45) is 1.96.